The number of aromatic nitrogens is 1. The van der Waals surface area contributed by atoms with Gasteiger partial charge in [-0.05, 0) is 65.8 Å². The van der Waals surface area contributed by atoms with Gasteiger partial charge in [0.05, 0.1) is 10.0 Å². The molecule has 1 saturated heterocycles. The van der Waals surface area contributed by atoms with E-state index in [4.69, 9.17) is 23.2 Å². The molecule has 2 heterocycles. The Bertz CT molecular complexity index is 1040. The Morgan fingerprint density at radius 3 is 2.72 bits per heavy atom. The molecule has 0 atom stereocenters. The van der Waals surface area contributed by atoms with Gasteiger partial charge in [0.25, 0.3) is 0 Å². The SMILES string of the molecule is O=C(/C=C/c1ccc(Cl)c(Cl)c1)N1CCC(NCc2ccc3[nH]ccc3c2)CC1. The van der Waals surface area contributed by atoms with Crippen LogP contribution in [-0.2, 0) is 11.3 Å². The summed E-state index contributed by atoms with van der Waals surface area (Å²) < 4.78 is 0. The van der Waals surface area contributed by atoms with E-state index in [0.717, 1.165) is 43.6 Å². The number of rotatable bonds is 5. The number of fused-ring (bicyclic) bond motifs is 1. The fourth-order valence-corrected chi connectivity index (χ4v) is 3.97. The summed E-state index contributed by atoms with van der Waals surface area (Å²) in [6.07, 6.45) is 7.27. The maximum absolute atomic E-state index is 12.5. The number of carbonyl (C=O) groups excluding carboxylic acids is 1. The van der Waals surface area contributed by atoms with E-state index in [1.54, 1.807) is 24.3 Å². The third-order valence-corrected chi connectivity index (χ3v) is 6.12. The third-order valence-electron chi connectivity index (χ3n) is 5.38. The Morgan fingerprint density at radius 2 is 1.93 bits per heavy atom. The quantitative estimate of drug-likeness (QED) is 0.544. The second-order valence-electron chi connectivity index (χ2n) is 7.39. The van der Waals surface area contributed by atoms with Gasteiger partial charge in [-0.1, -0.05) is 35.3 Å². The van der Waals surface area contributed by atoms with E-state index in [2.05, 4.69) is 34.6 Å². The highest BCUT2D eigenvalue weighted by Gasteiger charge is 2.21. The number of aromatic amines is 1. The molecule has 150 valence electrons. The minimum Gasteiger partial charge on any atom is -0.361 e. The molecule has 4 rings (SSSR count). The first-order valence-electron chi connectivity index (χ1n) is 9.80. The second kappa shape index (κ2) is 9.04. The average Bonchev–Trinajstić information content (AvgIpc) is 3.21. The molecule has 4 nitrogen and oxygen atoms in total. The molecule has 0 unspecified atom stereocenters. The van der Waals surface area contributed by atoms with Crippen molar-refractivity contribution in [2.45, 2.75) is 25.4 Å². The van der Waals surface area contributed by atoms with E-state index in [0.29, 0.717) is 16.1 Å². The Labute approximate surface area is 180 Å². The lowest BCUT2D eigenvalue weighted by molar-refractivity contribution is -0.127. The predicted octanol–water partition coefficient (Wildman–Crippen LogP) is 5.27. The number of benzene rings is 2. The summed E-state index contributed by atoms with van der Waals surface area (Å²) in [5.41, 5.74) is 3.30. The van der Waals surface area contributed by atoms with Crippen molar-refractivity contribution in [3.05, 3.63) is 75.9 Å². The molecule has 0 bridgehead atoms. The van der Waals surface area contributed by atoms with E-state index in [1.807, 2.05) is 17.2 Å². The number of piperidine rings is 1. The fraction of sp³-hybridized carbons (Fsp3) is 0.261. The van der Waals surface area contributed by atoms with Crippen molar-refractivity contribution in [3.63, 3.8) is 0 Å². The third kappa shape index (κ3) is 5.02. The highest BCUT2D eigenvalue weighted by molar-refractivity contribution is 6.42. The zero-order valence-electron chi connectivity index (χ0n) is 16.0. The van der Waals surface area contributed by atoms with Gasteiger partial charge in [0.15, 0.2) is 0 Å². The number of hydrogen-bond acceptors (Lipinski definition) is 2. The van der Waals surface area contributed by atoms with Crippen molar-refractivity contribution < 1.29 is 4.79 Å². The summed E-state index contributed by atoms with van der Waals surface area (Å²) in [7, 11) is 0. The van der Waals surface area contributed by atoms with Crippen LogP contribution in [0.5, 0.6) is 0 Å². The van der Waals surface area contributed by atoms with Gasteiger partial charge >= 0.3 is 0 Å². The number of carbonyl (C=O) groups is 1. The number of nitrogens with zero attached hydrogens (tertiary/aromatic N) is 1. The van der Waals surface area contributed by atoms with Gasteiger partial charge in [0.1, 0.15) is 0 Å². The first-order valence-corrected chi connectivity index (χ1v) is 10.6. The number of hydrogen-bond donors (Lipinski definition) is 2. The summed E-state index contributed by atoms with van der Waals surface area (Å²) in [4.78, 5) is 17.6. The molecule has 1 aliphatic rings. The molecule has 1 aliphatic heterocycles. The largest absolute Gasteiger partial charge is 0.361 e. The summed E-state index contributed by atoms with van der Waals surface area (Å²) in [6, 6.07) is 14.3. The number of nitrogens with one attached hydrogen (secondary N) is 2. The Balaban J connectivity index is 1.25. The summed E-state index contributed by atoms with van der Waals surface area (Å²) in [6.45, 7) is 2.37. The summed E-state index contributed by atoms with van der Waals surface area (Å²) in [5, 5.41) is 5.87. The molecule has 0 radical (unpaired) electrons. The number of H-pyrrole nitrogens is 1. The van der Waals surface area contributed by atoms with Crippen LogP contribution in [0.25, 0.3) is 17.0 Å². The monoisotopic (exact) mass is 427 g/mol. The number of halogens is 2. The first-order chi connectivity index (χ1) is 14.1. The van der Waals surface area contributed by atoms with Crippen molar-refractivity contribution in [2.75, 3.05) is 13.1 Å². The van der Waals surface area contributed by atoms with E-state index in [-0.39, 0.29) is 5.91 Å². The molecule has 6 heteroatoms. The normalized spacial score (nSPS) is 15.4. The standard InChI is InChI=1S/C23H23Cl2N3O/c24-20-4-1-16(14-21(20)25)3-6-23(29)28-11-8-19(9-12-28)27-15-17-2-5-22-18(13-17)7-10-26-22/h1-7,10,13-14,19,26-27H,8-9,11-12,15H2/b6-3+. The van der Waals surface area contributed by atoms with Crippen LogP contribution in [0.3, 0.4) is 0 Å². The van der Waals surface area contributed by atoms with Crippen LogP contribution in [0.4, 0.5) is 0 Å². The molecule has 0 saturated carbocycles. The minimum atomic E-state index is 0.0347. The van der Waals surface area contributed by atoms with Gasteiger partial charge in [0.2, 0.25) is 5.91 Å². The Morgan fingerprint density at radius 1 is 1.10 bits per heavy atom. The van der Waals surface area contributed by atoms with Crippen molar-refractivity contribution in [1.82, 2.24) is 15.2 Å². The number of likely N-dealkylation sites (tertiary alicyclic amines) is 1. The molecule has 0 spiro atoms. The van der Waals surface area contributed by atoms with Gasteiger partial charge in [-0.3, -0.25) is 4.79 Å². The zero-order valence-corrected chi connectivity index (χ0v) is 17.5. The Hall–Kier alpha value is -2.27. The minimum absolute atomic E-state index is 0.0347. The molecule has 1 amide bonds. The average molecular weight is 428 g/mol. The highest BCUT2D eigenvalue weighted by Crippen LogP contribution is 2.23. The van der Waals surface area contributed by atoms with Crippen LogP contribution in [0, 0.1) is 0 Å². The lowest BCUT2D eigenvalue weighted by atomic mass is 10.0. The zero-order chi connectivity index (χ0) is 20.2. The summed E-state index contributed by atoms with van der Waals surface area (Å²) >= 11 is 11.9. The van der Waals surface area contributed by atoms with E-state index >= 15 is 0 Å². The molecule has 3 aromatic rings. The van der Waals surface area contributed by atoms with Crippen molar-refractivity contribution in [1.29, 1.82) is 0 Å². The van der Waals surface area contributed by atoms with Crippen molar-refractivity contribution >= 4 is 46.1 Å². The molecule has 0 aliphatic carbocycles. The topological polar surface area (TPSA) is 48.1 Å². The summed E-state index contributed by atoms with van der Waals surface area (Å²) in [5.74, 6) is 0.0347. The van der Waals surface area contributed by atoms with E-state index in [9.17, 15) is 4.79 Å². The van der Waals surface area contributed by atoms with Crippen LogP contribution < -0.4 is 5.32 Å². The second-order valence-corrected chi connectivity index (χ2v) is 8.20. The van der Waals surface area contributed by atoms with Crippen molar-refractivity contribution in [3.8, 4) is 0 Å². The van der Waals surface area contributed by atoms with Gasteiger partial charge < -0.3 is 15.2 Å². The van der Waals surface area contributed by atoms with Gasteiger partial charge in [0, 0.05) is 43.5 Å². The molecule has 1 aromatic heterocycles. The smallest absolute Gasteiger partial charge is 0.246 e. The van der Waals surface area contributed by atoms with Crippen LogP contribution >= 0.6 is 23.2 Å². The van der Waals surface area contributed by atoms with Crippen LogP contribution in [0.1, 0.15) is 24.0 Å². The highest BCUT2D eigenvalue weighted by atomic mass is 35.5. The van der Waals surface area contributed by atoms with Crippen LogP contribution in [-0.4, -0.2) is 34.9 Å². The molecular formula is C23H23Cl2N3O. The molecule has 2 aromatic carbocycles. The lowest BCUT2D eigenvalue weighted by Gasteiger charge is -2.32. The predicted molar refractivity (Wildman–Crippen MR) is 120 cm³/mol. The van der Waals surface area contributed by atoms with Crippen LogP contribution in [0.15, 0.2) is 54.7 Å². The Kier molecular flexibility index (Phi) is 6.24. The van der Waals surface area contributed by atoms with Crippen molar-refractivity contribution in [2.24, 2.45) is 0 Å². The van der Waals surface area contributed by atoms with E-state index in [1.165, 1.54) is 10.9 Å². The molecule has 1 fully saturated rings. The van der Waals surface area contributed by atoms with Gasteiger partial charge in [-0.2, -0.15) is 0 Å². The lowest BCUT2D eigenvalue weighted by Crippen LogP contribution is -2.44. The van der Waals surface area contributed by atoms with E-state index < -0.39 is 0 Å². The number of amides is 1. The molecule has 2 N–H and O–H groups in total. The molecular weight excluding hydrogens is 405 g/mol. The first kappa shape index (κ1) is 20.0. The van der Waals surface area contributed by atoms with Gasteiger partial charge in [-0.25, -0.2) is 0 Å². The van der Waals surface area contributed by atoms with Crippen LogP contribution in [0.2, 0.25) is 10.0 Å². The maximum Gasteiger partial charge on any atom is 0.246 e. The maximum atomic E-state index is 12.5. The van der Waals surface area contributed by atoms with Gasteiger partial charge in [-0.15, -0.1) is 0 Å². The molecule has 29 heavy (non-hydrogen) atoms. The fourth-order valence-electron chi connectivity index (χ4n) is 3.67.